The minimum atomic E-state index is -0.785. The van der Waals surface area contributed by atoms with E-state index in [1.807, 2.05) is 24.3 Å². The Hall–Kier alpha value is -1.36. The van der Waals surface area contributed by atoms with E-state index in [9.17, 15) is 9.59 Å². The minimum absolute atomic E-state index is 0.0789. The summed E-state index contributed by atoms with van der Waals surface area (Å²) in [6.07, 6.45) is 1.33. The van der Waals surface area contributed by atoms with Crippen molar-refractivity contribution in [1.82, 2.24) is 4.90 Å². The van der Waals surface area contributed by atoms with Gasteiger partial charge in [-0.3, -0.25) is 9.59 Å². The zero-order valence-electron chi connectivity index (χ0n) is 10.5. The average molecular weight is 326 g/mol. The highest BCUT2D eigenvalue weighted by Crippen LogP contribution is 2.20. The van der Waals surface area contributed by atoms with Crippen LogP contribution in [0.15, 0.2) is 28.7 Å². The fourth-order valence-electron chi connectivity index (χ4n) is 2.36. The topological polar surface area (TPSA) is 57.6 Å². The van der Waals surface area contributed by atoms with Gasteiger partial charge in [-0.2, -0.15) is 0 Å². The second kappa shape index (κ2) is 6.19. The first-order chi connectivity index (χ1) is 9.04. The summed E-state index contributed by atoms with van der Waals surface area (Å²) in [6, 6.07) is 7.68. The number of likely N-dealkylation sites (tertiary alicyclic amines) is 1. The van der Waals surface area contributed by atoms with Gasteiger partial charge in [0.1, 0.15) is 0 Å². The normalized spacial score (nSPS) is 18.6. The second-order valence-electron chi connectivity index (χ2n) is 4.90. The van der Waals surface area contributed by atoms with Gasteiger partial charge in [0.25, 0.3) is 0 Å². The molecule has 1 amide bonds. The molecule has 0 radical (unpaired) electrons. The lowest BCUT2D eigenvalue weighted by atomic mass is 10.1. The summed E-state index contributed by atoms with van der Waals surface area (Å²) < 4.78 is 0.992. The van der Waals surface area contributed by atoms with E-state index < -0.39 is 5.97 Å². The summed E-state index contributed by atoms with van der Waals surface area (Å²) in [5.41, 5.74) is 0.981. The van der Waals surface area contributed by atoms with E-state index in [2.05, 4.69) is 15.9 Å². The Morgan fingerprint density at radius 3 is 2.63 bits per heavy atom. The number of carbonyl (C=O) groups excluding carboxylic acids is 1. The third kappa shape index (κ3) is 4.06. The summed E-state index contributed by atoms with van der Waals surface area (Å²) in [5, 5.41) is 8.75. The van der Waals surface area contributed by atoms with E-state index in [1.54, 1.807) is 4.90 Å². The van der Waals surface area contributed by atoms with Gasteiger partial charge in [0.15, 0.2) is 0 Å². The molecule has 1 atom stereocenters. The largest absolute Gasteiger partial charge is 0.481 e. The van der Waals surface area contributed by atoms with Crippen LogP contribution in [0.1, 0.15) is 18.4 Å². The van der Waals surface area contributed by atoms with Crippen molar-refractivity contribution in [3.05, 3.63) is 34.3 Å². The van der Waals surface area contributed by atoms with Crippen LogP contribution in [0.5, 0.6) is 0 Å². The lowest BCUT2D eigenvalue weighted by molar-refractivity contribution is -0.138. The first kappa shape index (κ1) is 14.1. The maximum atomic E-state index is 12.1. The number of hydrogen-bond acceptors (Lipinski definition) is 2. The second-order valence-corrected chi connectivity index (χ2v) is 5.81. The Labute approximate surface area is 120 Å². The van der Waals surface area contributed by atoms with Crippen LogP contribution in [-0.2, 0) is 16.0 Å². The highest BCUT2D eigenvalue weighted by Gasteiger charge is 2.27. The Balaban J connectivity index is 1.87. The number of amides is 1. The fraction of sp³-hybridized carbons (Fsp3) is 0.429. The molecule has 1 unspecified atom stereocenters. The molecule has 2 rings (SSSR count). The number of hydrogen-bond donors (Lipinski definition) is 1. The number of carboxylic acid groups (broad SMARTS) is 1. The number of rotatable bonds is 4. The molecular weight excluding hydrogens is 310 g/mol. The van der Waals surface area contributed by atoms with Gasteiger partial charge < -0.3 is 10.0 Å². The molecule has 1 aliphatic heterocycles. The summed E-state index contributed by atoms with van der Waals surface area (Å²) in [5.74, 6) is -0.603. The predicted molar refractivity (Wildman–Crippen MR) is 74.8 cm³/mol. The number of nitrogens with zero attached hydrogens (tertiary/aromatic N) is 1. The molecule has 1 saturated heterocycles. The van der Waals surface area contributed by atoms with Crippen molar-refractivity contribution < 1.29 is 14.7 Å². The van der Waals surface area contributed by atoms with Crippen molar-refractivity contribution in [2.75, 3.05) is 13.1 Å². The van der Waals surface area contributed by atoms with Crippen LogP contribution in [-0.4, -0.2) is 35.0 Å². The zero-order chi connectivity index (χ0) is 13.8. The van der Waals surface area contributed by atoms with Crippen molar-refractivity contribution >= 4 is 27.8 Å². The highest BCUT2D eigenvalue weighted by molar-refractivity contribution is 9.10. The lowest BCUT2D eigenvalue weighted by Gasteiger charge is -2.16. The molecule has 1 heterocycles. The number of aliphatic carboxylic acids is 1. The van der Waals surface area contributed by atoms with E-state index in [0.29, 0.717) is 19.5 Å². The molecule has 102 valence electrons. The quantitative estimate of drug-likeness (QED) is 0.924. The molecule has 19 heavy (non-hydrogen) atoms. The Morgan fingerprint density at radius 2 is 2.00 bits per heavy atom. The maximum absolute atomic E-state index is 12.1. The molecule has 0 aromatic heterocycles. The van der Waals surface area contributed by atoms with Gasteiger partial charge in [-0.05, 0) is 30.0 Å². The van der Waals surface area contributed by atoms with Crippen molar-refractivity contribution in [2.45, 2.75) is 19.3 Å². The van der Waals surface area contributed by atoms with Crippen molar-refractivity contribution in [3.63, 3.8) is 0 Å². The molecule has 0 bridgehead atoms. The standard InChI is InChI=1S/C14H16BrNO3/c15-12-3-1-10(2-4-12)7-13(17)16-6-5-11(9-16)8-14(18)19/h1-4,11H,5-9H2,(H,18,19). The highest BCUT2D eigenvalue weighted by atomic mass is 79.9. The smallest absolute Gasteiger partial charge is 0.303 e. The molecule has 5 heteroatoms. The van der Waals surface area contributed by atoms with Crippen molar-refractivity contribution in [2.24, 2.45) is 5.92 Å². The maximum Gasteiger partial charge on any atom is 0.303 e. The van der Waals surface area contributed by atoms with Gasteiger partial charge in [0.05, 0.1) is 6.42 Å². The Morgan fingerprint density at radius 1 is 1.32 bits per heavy atom. The number of benzene rings is 1. The van der Waals surface area contributed by atoms with E-state index in [4.69, 9.17) is 5.11 Å². The summed E-state index contributed by atoms with van der Waals surface area (Å²) in [6.45, 7) is 1.25. The van der Waals surface area contributed by atoms with Crippen LogP contribution >= 0.6 is 15.9 Å². The molecule has 0 saturated carbocycles. The third-order valence-electron chi connectivity index (χ3n) is 3.37. The SMILES string of the molecule is O=C(O)CC1CCN(C(=O)Cc2ccc(Br)cc2)C1. The van der Waals surface area contributed by atoms with E-state index in [1.165, 1.54) is 0 Å². The lowest BCUT2D eigenvalue weighted by Crippen LogP contribution is -2.30. The van der Waals surface area contributed by atoms with Gasteiger partial charge >= 0.3 is 5.97 Å². The van der Waals surface area contributed by atoms with Crippen molar-refractivity contribution in [1.29, 1.82) is 0 Å². The summed E-state index contributed by atoms with van der Waals surface area (Å²) >= 11 is 3.36. The third-order valence-corrected chi connectivity index (χ3v) is 3.90. The average Bonchev–Trinajstić information content (AvgIpc) is 2.80. The molecule has 0 aliphatic carbocycles. The molecule has 1 aromatic carbocycles. The molecular formula is C14H16BrNO3. The first-order valence-corrected chi connectivity index (χ1v) is 7.08. The zero-order valence-corrected chi connectivity index (χ0v) is 12.1. The van der Waals surface area contributed by atoms with Gasteiger partial charge in [0, 0.05) is 24.0 Å². The minimum Gasteiger partial charge on any atom is -0.481 e. The summed E-state index contributed by atoms with van der Waals surface area (Å²) in [4.78, 5) is 24.5. The van der Waals surface area contributed by atoms with Crippen LogP contribution in [0.4, 0.5) is 0 Å². The van der Waals surface area contributed by atoms with Gasteiger partial charge in [-0.1, -0.05) is 28.1 Å². The number of halogens is 1. The predicted octanol–water partition coefficient (Wildman–Crippen LogP) is 2.31. The van der Waals surface area contributed by atoms with Crippen molar-refractivity contribution in [3.8, 4) is 0 Å². The van der Waals surface area contributed by atoms with E-state index in [-0.39, 0.29) is 18.2 Å². The van der Waals surface area contributed by atoms with Gasteiger partial charge in [-0.25, -0.2) is 0 Å². The van der Waals surface area contributed by atoms with E-state index in [0.717, 1.165) is 16.5 Å². The van der Waals surface area contributed by atoms with Crippen LogP contribution in [0.25, 0.3) is 0 Å². The van der Waals surface area contributed by atoms with Gasteiger partial charge in [-0.15, -0.1) is 0 Å². The monoisotopic (exact) mass is 325 g/mol. The Bertz CT molecular complexity index is 472. The summed E-state index contributed by atoms with van der Waals surface area (Å²) in [7, 11) is 0. The van der Waals surface area contributed by atoms with E-state index >= 15 is 0 Å². The molecule has 1 N–H and O–H groups in total. The molecule has 0 spiro atoms. The van der Waals surface area contributed by atoms with Crippen LogP contribution in [0.3, 0.4) is 0 Å². The molecule has 1 aliphatic rings. The van der Waals surface area contributed by atoms with Gasteiger partial charge in [0.2, 0.25) is 5.91 Å². The Kier molecular flexibility index (Phi) is 4.58. The van der Waals surface area contributed by atoms with Crippen LogP contribution < -0.4 is 0 Å². The number of carbonyl (C=O) groups is 2. The van der Waals surface area contributed by atoms with Crippen LogP contribution in [0, 0.1) is 5.92 Å². The number of carboxylic acids is 1. The molecule has 1 fully saturated rings. The molecule has 1 aromatic rings. The fourth-order valence-corrected chi connectivity index (χ4v) is 2.63. The van der Waals surface area contributed by atoms with Crippen LogP contribution in [0.2, 0.25) is 0 Å². The first-order valence-electron chi connectivity index (χ1n) is 6.28. The molecule has 4 nitrogen and oxygen atoms in total.